The molecule has 6 nitrogen and oxygen atoms in total. The summed E-state index contributed by atoms with van der Waals surface area (Å²) in [5.74, 6) is -1.21. The molecule has 1 aromatic rings. The molecule has 23 heavy (non-hydrogen) atoms. The lowest BCUT2D eigenvalue weighted by Crippen LogP contribution is -2.42. The summed E-state index contributed by atoms with van der Waals surface area (Å²) in [4.78, 5) is 39.6. The molecule has 0 unspecified atom stereocenters. The van der Waals surface area contributed by atoms with Crippen LogP contribution in [0.2, 0.25) is 0 Å². The van der Waals surface area contributed by atoms with E-state index in [-0.39, 0.29) is 24.3 Å². The quantitative estimate of drug-likeness (QED) is 0.888. The van der Waals surface area contributed by atoms with E-state index in [2.05, 4.69) is 0 Å². The van der Waals surface area contributed by atoms with Gasteiger partial charge in [-0.1, -0.05) is 0 Å². The fourth-order valence-corrected chi connectivity index (χ4v) is 4.41. The Morgan fingerprint density at radius 2 is 2.04 bits per heavy atom. The second-order valence-electron chi connectivity index (χ2n) is 6.42. The van der Waals surface area contributed by atoms with E-state index in [1.165, 1.54) is 18.3 Å². The van der Waals surface area contributed by atoms with Crippen LogP contribution in [0.15, 0.2) is 16.8 Å². The highest BCUT2D eigenvalue weighted by Gasteiger charge is 2.54. The van der Waals surface area contributed by atoms with Gasteiger partial charge < -0.3 is 14.9 Å². The molecule has 2 aliphatic heterocycles. The molecule has 2 saturated heterocycles. The molecule has 2 atom stereocenters. The third-order valence-electron chi connectivity index (χ3n) is 5.11. The van der Waals surface area contributed by atoms with Gasteiger partial charge in [-0.2, -0.15) is 11.3 Å². The van der Waals surface area contributed by atoms with Gasteiger partial charge in [-0.15, -0.1) is 0 Å². The maximum atomic E-state index is 12.6. The molecule has 1 aromatic heterocycles. The van der Waals surface area contributed by atoms with E-state index < -0.39 is 11.4 Å². The third-order valence-corrected chi connectivity index (χ3v) is 5.80. The number of carboxylic acid groups (broad SMARTS) is 1. The number of nitrogens with zero attached hydrogens (tertiary/aromatic N) is 2. The fraction of sp³-hybridized carbons (Fsp3) is 0.562. The minimum absolute atomic E-state index is 0.0475. The lowest BCUT2D eigenvalue weighted by molar-refractivity contribution is -0.151. The Hall–Kier alpha value is -1.89. The summed E-state index contributed by atoms with van der Waals surface area (Å²) in [5.41, 5.74) is -0.269. The molecule has 124 valence electrons. The van der Waals surface area contributed by atoms with Crippen LogP contribution in [-0.2, 0) is 9.59 Å². The van der Waals surface area contributed by atoms with E-state index >= 15 is 0 Å². The summed E-state index contributed by atoms with van der Waals surface area (Å²) in [6, 6.07) is 1.79. The van der Waals surface area contributed by atoms with E-state index in [0.717, 1.165) is 0 Å². The minimum atomic E-state index is -0.921. The van der Waals surface area contributed by atoms with Crippen molar-refractivity contribution in [2.24, 2.45) is 11.3 Å². The predicted molar refractivity (Wildman–Crippen MR) is 85.3 cm³/mol. The van der Waals surface area contributed by atoms with Gasteiger partial charge in [-0.3, -0.25) is 14.4 Å². The Balaban J connectivity index is 1.85. The highest BCUT2D eigenvalue weighted by Crippen LogP contribution is 2.43. The number of fused-ring (bicyclic) bond motifs is 1. The van der Waals surface area contributed by atoms with Crippen LogP contribution in [0.3, 0.4) is 0 Å². The number of carbonyl (C=O) groups is 3. The minimum Gasteiger partial charge on any atom is -0.481 e. The van der Waals surface area contributed by atoms with Gasteiger partial charge in [0.15, 0.2) is 0 Å². The first-order chi connectivity index (χ1) is 10.9. The number of rotatable bonds is 2. The average Bonchev–Trinajstić information content (AvgIpc) is 3.11. The Kier molecular flexibility index (Phi) is 4.14. The van der Waals surface area contributed by atoms with Gasteiger partial charge in [-0.05, 0) is 24.3 Å². The summed E-state index contributed by atoms with van der Waals surface area (Å²) in [6.45, 7) is 3.10. The molecule has 3 rings (SSSR count). The van der Waals surface area contributed by atoms with Gasteiger partial charge in [0, 0.05) is 44.4 Å². The molecule has 0 spiro atoms. The van der Waals surface area contributed by atoms with Crippen LogP contribution < -0.4 is 0 Å². The van der Waals surface area contributed by atoms with Gasteiger partial charge in [-0.25, -0.2) is 0 Å². The Morgan fingerprint density at radius 1 is 1.30 bits per heavy atom. The first kappa shape index (κ1) is 16.0. The molecule has 2 fully saturated rings. The van der Waals surface area contributed by atoms with Gasteiger partial charge in [0.2, 0.25) is 5.91 Å². The lowest BCUT2D eigenvalue weighted by Gasteiger charge is -2.29. The fourth-order valence-electron chi connectivity index (χ4n) is 3.78. The highest BCUT2D eigenvalue weighted by atomic mass is 32.1. The number of hydrogen-bond donors (Lipinski definition) is 1. The Morgan fingerprint density at radius 3 is 2.65 bits per heavy atom. The van der Waals surface area contributed by atoms with Crippen LogP contribution in [0.25, 0.3) is 0 Å². The molecule has 3 heterocycles. The van der Waals surface area contributed by atoms with Gasteiger partial charge in [0.25, 0.3) is 5.91 Å². The predicted octanol–water partition coefficient (Wildman–Crippen LogP) is 1.53. The molecule has 7 heteroatoms. The van der Waals surface area contributed by atoms with Crippen molar-refractivity contribution in [2.75, 3.05) is 26.2 Å². The molecular formula is C16H20N2O4S. The van der Waals surface area contributed by atoms with Gasteiger partial charge in [0.05, 0.1) is 11.0 Å². The standard InChI is InChI=1S/C16H20N2O4S/c1-11(19)18-8-13-7-17(14(20)12-3-6-23-9-12)5-2-4-16(13,10-18)15(21)22/h3,6,9,13H,2,4-5,7-8,10H2,1H3,(H,21,22)/t13-,16-/m1/s1. The Labute approximate surface area is 138 Å². The number of aliphatic carboxylic acids is 1. The largest absolute Gasteiger partial charge is 0.481 e. The summed E-state index contributed by atoms with van der Waals surface area (Å²) < 4.78 is 0. The molecule has 0 radical (unpaired) electrons. The van der Waals surface area contributed by atoms with Crippen molar-refractivity contribution < 1.29 is 19.5 Å². The van der Waals surface area contributed by atoms with Crippen LogP contribution in [0.4, 0.5) is 0 Å². The number of carboxylic acids is 1. The first-order valence-corrected chi connectivity index (χ1v) is 8.69. The molecular weight excluding hydrogens is 316 g/mol. The monoisotopic (exact) mass is 336 g/mol. The Bertz CT molecular complexity index is 630. The van der Waals surface area contributed by atoms with Crippen molar-refractivity contribution in [2.45, 2.75) is 19.8 Å². The maximum Gasteiger partial charge on any atom is 0.311 e. The molecule has 0 aromatic carbocycles. The zero-order valence-electron chi connectivity index (χ0n) is 13.0. The third kappa shape index (κ3) is 2.73. The van der Waals surface area contributed by atoms with Gasteiger partial charge in [0.1, 0.15) is 0 Å². The summed E-state index contributed by atoms with van der Waals surface area (Å²) >= 11 is 1.47. The number of hydrogen-bond acceptors (Lipinski definition) is 4. The number of carbonyl (C=O) groups excluding carboxylic acids is 2. The number of likely N-dealkylation sites (tertiary alicyclic amines) is 2. The lowest BCUT2D eigenvalue weighted by atomic mass is 9.75. The molecule has 2 amide bonds. The topological polar surface area (TPSA) is 77.9 Å². The molecule has 2 aliphatic rings. The van der Waals surface area contributed by atoms with Crippen molar-refractivity contribution in [3.05, 3.63) is 22.4 Å². The molecule has 0 aliphatic carbocycles. The van der Waals surface area contributed by atoms with E-state index in [4.69, 9.17) is 0 Å². The van der Waals surface area contributed by atoms with Gasteiger partial charge >= 0.3 is 5.97 Å². The van der Waals surface area contributed by atoms with E-state index in [9.17, 15) is 19.5 Å². The van der Waals surface area contributed by atoms with E-state index in [1.54, 1.807) is 15.9 Å². The second kappa shape index (κ2) is 5.96. The van der Waals surface area contributed by atoms with E-state index in [1.807, 2.05) is 10.8 Å². The normalized spacial score (nSPS) is 27.4. The molecule has 0 bridgehead atoms. The summed E-state index contributed by atoms with van der Waals surface area (Å²) in [6.07, 6.45) is 1.15. The maximum absolute atomic E-state index is 12.6. The zero-order valence-corrected chi connectivity index (χ0v) is 13.8. The van der Waals surface area contributed by atoms with Crippen LogP contribution in [0.1, 0.15) is 30.1 Å². The number of amides is 2. The average molecular weight is 336 g/mol. The highest BCUT2D eigenvalue weighted by molar-refractivity contribution is 7.08. The van der Waals surface area contributed by atoms with Crippen LogP contribution >= 0.6 is 11.3 Å². The van der Waals surface area contributed by atoms with Crippen LogP contribution in [0, 0.1) is 11.3 Å². The van der Waals surface area contributed by atoms with Crippen LogP contribution in [-0.4, -0.2) is 58.9 Å². The molecule has 0 saturated carbocycles. The molecule has 1 N–H and O–H groups in total. The number of thiophene rings is 1. The second-order valence-corrected chi connectivity index (χ2v) is 7.20. The summed E-state index contributed by atoms with van der Waals surface area (Å²) in [5, 5.41) is 13.5. The van der Waals surface area contributed by atoms with Crippen molar-refractivity contribution >= 4 is 29.1 Å². The smallest absolute Gasteiger partial charge is 0.311 e. The van der Waals surface area contributed by atoms with Crippen LogP contribution in [0.5, 0.6) is 0 Å². The zero-order chi connectivity index (χ0) is 16.6. The van der Waals surface area contributed by atoms with Crippen molar-refractivity contribution in [3.8, 4) is 0 Å². The van der Waals surface area contributed by atoms with Crippen molar-refractivity contribution in [3.63, 3.8) is 0 Å². The SMILES string of the molecule is CC(=O)N1C[C@H]2CN(C(=O)c3ccsc3)CCC[C@@]2(C(=O)O)C1. The summed E-state index contributed by atoms with van der Waals surface area (Å²) in [7, 11) is 0. The van der Waals surface area contributed by atoms with E-state index in [0.29, 0.717) is 38.0 Å². The first-order valence-electron chi connectivity index (χ1n) is 7.74. The van der Waals surface area contributed by atoms with Crippen molar-refractivity contribution in [1.29, 1.82) is 0 Å². The van der Waals surface area contributed by atoms with Crippen molar-refractivity contribution in [1.82, 2.24) is 9.80 Å².